The number of ether oxygens (including phenoxy) is 1. The van der Waals surface area contributed by atoms with Crippen LogP contribution in [0.15, 0.2) is 53.4 Å². The van der Waals surface area contributed by atoms with Crippen molar-refractivity contribution in [3.63, 3.8) is 0 Å². The molecule has 0 heterocycles. The van der Waals surface area contributed by atoms with E-state index in [1.807, 2.05) is 43.4 Å². The zero-order valence-corrected chi connectivity index (χ0v) is 14.0. The van der Waals surface area contributed by atoms with Crippen molar-refractivity contribution in [3.05, 3.63) is 59.7 Å². The third-order valence-electron chi connectivity index (χ3n) is 3.42. The molecule has 0 saturated heterocycles. The molecule has 2 rings (SSSR count). The van der Waals surface area contributed by atoms with Crippen molar-refractivity contribution >= 4 is 17.7 Å². The molecular weight excluding hydrogens is 294 g/mol. The predicted octanol–water partition coefficient (Wildman–Crippen LogP) is 3.75. The Hall–Kier alpha value is -1.94. The molecule has 2 aromatic carbocycles. The molecule has 1 amide bonds. The van der Waals surface area contributed by atoms with Gasteiger partial charge in [0.2, 0.25) is 5.91 Å². The summed E-state index contributed by atoms with van der Waals surface area (Å²) in [7, 11) is 3.48. The zero-order valence-electron chi connectivity index (χ0n) is 13.2. The standard InChI is InChI=1S/C18H21NO2S/c1-14-7-4-5-10-17(14)22-13-18(20)19(2)12-15-8-6-9-16(11-15)21-3/h4-11H,12-13H2,1-3H3. The van der Waals surface area contributed by atoms with Gasteiger partial charge in [-0.1, -0.05) is 30.3 Å². The molecule has 0 aliphatic rings. The number of hydrogen-bond donors (Lipinski definition) is 0. The molecule has 22 heavy (non-hydrogen) atoms. The van der Waals surface area contributed by atoms with Gasteiger partial charge in [0.1, 0.15) is 5.75 Å². The minimum atomic E-state index is 0.121. The number of hydrogen-bond acceptors (Lipinski definition) is 3. The van der Waals surface area contributed by atoms with Gasteiger partial charge in [-0.25, -0.2) is 0 Å². The predicted molar refractivity (Wildman–Crippen MR) is 91.4 cm³/mol. The number of carbonyl (C=O) groups excluding carboxylic acids is 1. The number of amides is 1. The lowest BCUT2D eigenvalue weighted by Gasteiger charge is -2.17. The van der Waals surface area contributed by atoms with E-state index < -0.39 is 0 Å². The van der Waals surface area contributed by atoms with Gasteiger partial charge in [-0.2, -0.15) is 0 Å². The highest BCUT2D eigenvalue weighted by Crippen LogP contribution is 2.22. The van der Waals surface area contributed by atoms with E-state index in [1.54, 1.807) is 23.8 Å². The fourth-order valence-corrected chi connectivity index (χ4v) is 3.07. The summed E-state index contributed by atoms with van der Waals surface area (Å²) in [6.07, 6.45) is 0. The Balaban J connectivity index is 1.90. The molecule has 2 aromatic rings. The second kappa shape index (κ2) is 7.90. The summed E-state index contributed by atoms with van der Waals surface area (Å²) in [5.41, 5.74) is 2.27. The summed E-state index contributed by atoms with van der Waals surface area (Å²) in [6.45, 7) is 2.65. The summed E-state index contributed by atoms with van der Waals surface area (Å²) in [4.78, 5) is 15.2. The van der Waals surface area contributed by atoms with Crippen LogP contribution in [0.1, 0.15) is 11.1 Å². The van der Waals surface area contributed by atoms with Crippen LogP contribution in [0.2, 0.25) is 0 Å². The molecule has 0 aromatic heterocycles. The van der Waals surface area contributed by atoms with Crippen molar-refractivity contribution in [1.29, 1.82) is 0 Å². The Morgan fingerprint density at radius 3 is 2.68 bits per heavy atom. The molecule has 0 aliphatic heterocycles. The van der Waals surface area contributed by atoms with Crippen LogP contribution in [0, 0.1) is 6.92 Å². The van der Waals surface area contributed by atoms with Crippen molar-refractivity contribution in [1.82, 2.24) is 4.90 Å². The highest BCUT2D eigenvalue weighted by Gasteiger charge is 2.11. The van der Waals surface area contributed by atoms with Gasteiger partial charge in [-0.3, -0.25) is 4.79 Å². The Morgan fingerprint density at radius 1 is 1.18 bits per heavy atom. The summed E-state index contributed by atoms with van der Waals surface area (Å²) >= 11 is 1.59. The van der Waals surface area contributed by atoms with Crippen LogP contribution < -0.4 is 4.74 Å². The van der Waals surface area contributed by atoms with Crippen molar-refractivity contribution in [2.45, 2.75) is 18.4 Å². The van der Waals surface area contributed by atoms with Crippen LogP contribution in [-0.4, -0.2) is 30.7 Å². The fraction of sp³-hybridized carbons (Fsp3) is 0.278. The maximum atomic E-state index is 12.3. The van der Waals surface area contributed by atoms with Crippen molar-refractivity contribution in [3.8, 4) is 5.75 Å². The van der Waals surface area contributed by atoms with Gasteiger partial charge in [0.25, 0.3) is 0 Å². The van der Waals surface area contributed by atoms with Crippen molar-refractivity contribution in [2.75, 3.05) is 19.9 Å². The third-order valence-corrected chi connectivity index (χ3v) is 4.58. The summed E-state index contributed by atoms with van der Waals surface area (Å²) < 4.78 is 5.21. The second-order valence-corrected chi connectivity index (χ2v) is 6.17. The van der Waals surface area contributed by atoms with Gasteiger partial charge < -0.3 is 9.64 Å². The molecule has 4 heteroatoms. The van der Waals surface area contributed by atoms with E-state index in [0.29, 0.717) is 12.3 Å². The Labute approximate surface area is 136 Å². The van der Waals surface area contributed by atoms with E-state index in [4.69, 9.17) is 4.74 Å². The lowest BCUT2D eigenvalue weighted by molar-refractivity contribution is -0.127. The maximum Gasteiger partial charge on any atom is 0.232 e. The molecule has 0 unspecified atom stereocenters. The van der Waals surface area contributed by atoms with E-state index in [0.717, 1.165) is 16.2 Å². The first-order valence-corrected chi connectivity index (χ1v) is 8.14. The number of rotatable bonds is 6. The Morgan fingerprint density at radius 2 is 1.95 bits per heavy atom. The average Bonchev–Trinajstić information content (AvgIpc) is 2.54. The first-order valence-electron chi connectivity index (χ1n) is 7.15. The van der Waals surface area contributed by atoms with Crippen LogP contribution in [0.5, 0.6) is 5.75 Å². The van der Waals surface area contributed by atoms with Crippen LogP contribution in [-0.2, 0) is 11.3 Å². The molecule has 0 spiro atoms. The Bertz CT molecular complexity index is 642. The van der Waals surface area contributed by atoms with Gasteiger partial charge in [0, 0.05) is 18.5 Å². The molecule has 0 fully saturated rings. The Kier molecular flexibility index (Phi) is 5.90. The fourth-order valence-electron chi connectivity index (χ4n) is 2.10. The van der Waals surface area contributed by atoms with E-state index in [2.05, 4.69) is 19.1 Å². The number of benzene rings is 2. The average molecular weight is 315 g/mol. The molecule has 0 aliphatic carbocycles. The largest absolute Gasteiger partial charge is 0.497 e. The quantitative estimate of drug-likeness (QED) is 0.760. The number of aryl methyl sites for hydroxylation is 1. The number of carbonyl (C=O) groups is 1. The van der Waals surface area contributed by atoms with Crippen LogP contribution in [0.4, 0.5) is 0 Å². The highest BCUT2D eigenvalue weighted by atomic mass is 32.2. The highest BCUT2D eigenvalue weighted by molar-refractivity contribution is 8.00. The van der Waals surface area contributed by atoms with Crippen LogP contribution in [0.25, 0.3) is 0 Å². The normalized spacial score (nSPS) is 10.3. The number of methoxy groups -OCH3 is 1. The lowest BCUT2D eigenvalue weighted by atomic mass is 10.2. The minimum absolute atomic E-state index is 0.121. The molecule has 0 bridgehead atoms. The molecule has 0 N–H and O–H groups in total. The first-order chi connectivity index (χ1) is 10.6. The molecular formula is C18H21NO2S. The topological polar surface area (TPSA) is 29.5 Å². The summed E-state index contributed by atoms with van der Waals surface area (Å²) in [5, 5.41) is 0. The molecule has 0 saturated carbocycles. The monoisotopic (exact) mass is 315 g/mol. The molecule has 116 valence electrons. The SMILES string of the molecule is COc1cccc(CN(C)C(=O)CSc2ccccc2C)c1. The lowest BCUT2D eigenvalue weighted by Crippen LogP contribution is -2.27. The smallest absolute Gasteiger partial charge is 0.232 e. The summed E-state index contributed by atoms with van der Waals surface area (Å²) in [6, 6.07) is 15.9. The molecule has 0 radical (unpaired) electrons. The van der Waals surface area contributed by atoms with Crippen molar-refractivity contribution in [2.24, 2.45) is 0 Å². The molecule has 3 nitrogen and oxygen atoms in total. The minimum Gasteiger partial charge on any atom is -0.497 e. The van der Waals surface area contributed by atoms with Gasteiger partial charge in [0.05, 0.1) is 12.9 Å². The van der Waals surface area contributed by atoms with Gasteiger partial charge in [-0.15, -0.1) is 11.8 Å². The van der Waals surface area contributed by atoms with Gasteiger partial charge in [-0.05, 0) is 36.2 Å². The third kappa shape index (κ3) is 4.53. The van der Waals surface area contributed by atoms with E-state index in [1.165, 1.54) is 5.56 Å². The van der Waals surface area contributed by atoms with E-state index >= 15 is 0 Å². The number of nitrogens with zero attached hydrogens (tertiary/aromatic N) is 1. The number of thioether (sulfide) groups is 1. The van der Waals surface area contributed by atoms with Gasteiger partial charge in [0.15, 0.2) is 0 Å². The van der Waals surface area contributed by atoms with Crippen LogP contribution >= 0.6 is 11.8 Å². The second-order valence-electron chi connectivity index (χ2n) is 5.16. The van der Waals surface area contributed by atoms with Crippen LogP contribution in [0.3, 0.4) is 0 Å². The first kappa shape index (κ1) is 16.4. The zero-order chi connectivity index (χ0) is 15.9. The van der Waals surface area contributed by atoms with E-state index in [-0.39, 0.29) is 5.91 Å². The van der Waals surface area contributed by atoms with Crippen molar-refractivity contribution < 1.29 is 9.53 Å². The maximum absolute atomic E-state index is 12.3. The van der Waals surface area contributed by atoms with Gasteiger partial charge >= 0.3 is 0 Å². The molecule has 0 atom stereocenters. The summed E-state index contributed by atoms with van der Waals surface area (Å²) in [5.74, 6) is 1.38. The van der Waals surface area contributed by atoms with E-state index in [9.17, 15) is 4.79 Å².